The first-order chi connectivity index (χ1) is 15.7. The van der Waals surface area contributed by atoms with Crippen LogP contribution in [-0.4, -0.2) is 63.6 Å². The molecule has 0 aromatic heterocycles. The van der Waals surface area contributed by atoms with Gasteiger partial charge in [-0.2, -0.15) is 17.0 Å². The average molecular weight is 493 g/mol. The van der Waals surface area contributed by atoms with Crippen molar-refractivity contribution in [3.8, 4) is 11.8 Å². The van der Waals surface area contributed by atoms with Gasteiger partial charge >= 0.3 is 6.09 Å². The number of carbonyl (C=O) groups is 3. The summed E-state index contributed by atoms with van der Waals surface area (Å²) in [4.78, 5) is 40.5. The number of carbonyl (C=O) groups excluding carboxylic acids is 3. The number of phenolic OH excluding ortho intramolecular Hbond substituents is 1. The predicted octanol–water partition coefficient (Wildman–Crippen LogP) is 3.35. The van der Waals surface area contributed by atoms with E-state index in [9.17, 15) is 24.8 Å². The monoisotopic (exact) mass is 492 g/mol. The molecule has 0 heterocycles. The molecule has 9 nitrogen and oxygen atoms in total. The predicted molar refractivity (Wildman–Crippen MR) is 132 cm³/mol. The molecule has 1 rings (SSSR count). The lowest BCUT2D eigenvalue weighted by Gasteiger charge is -2.34. The molecule has 3 amide bonds. The summed E-state index contributed by atoms with van der Waals surface area (Å²) in [6.45, 7) is 10.0. The number of ether oxygens (including phenoxy) is 1. The van der Waals surface area contributed by atoms with Gasteiger partial charge in [-0.25, -0.2) is 4.79 Å². The van der Waals surface area contributed by atoms with Crippen molar-refractivity contribution in [1.29, 1.82) is 5.26 Å². The van der Waals surface area contributed by atoms with Crippen molar-refractivity contribution in [2.75, 3.05) is 18.6 Å². The quantitative estimate of drug-likeness (QED) is 0.450. The highest BCUT2D eigenvalue weighted by atomic mass is 32.2. The van der Waals surface area contributed by atoms with Crippen molar-refractivity contribution in [2.45, 2.75) is 71.2 Å². The zero-order valence-electron chi connectivity index (χ0n) is 21.0. The SMILES string of the molecule is CSCCC(NC(=O)OC(C)(C)C)C(=O)N(CC#N)C(C(=O)NC(C)(C)C)c1ccccc1O. The lowest BCUT2D eigenvalue weighted by molar-refractivity contribution is -0.142. The van der Waals surface area contributed by atoms with Crippen LogP contribution < -0.4 is 10.6 Å². The summed E-state index contributed by atoms with van der Waals surface area (Å²) in [6.07, 6.45) is 1.35. The van der Waals surface area contributed by atoms with E-state index in [4.69, 9.17) is 4.74 Å². The van der Waals surface area contributed by atoms with Crippen molar-refractivity contribution < 1.29 is 24.2 Å². The number of para-hydroxylation sites is 1. The second-order valence-electron chi connectivity index (χ2n) is 9.81. The minimum atomic E-state index is -1.29. The Morgan fingerprint density at radius 3 is 2.29 bits per heavy atom. The van der Waals surface area contributed by atoms with Crippen molar-refractivity contribution in [2.24, 2.45) is 0 Å². The number of thioether (sulfide) groups is 1. The first-order valence-electron chi connectivity index (χ1n) is 11.0. The Labute approximate surface area is 206 Å². The minimum Gasteiger partial charge on any atom is -0.508 e. The van der Waals surface area contributed by atoms with E-state index in [1.807, 2.05) is 12.3 Å². The fraction of sp³-hybridized carbons (Fsp3) is 0.583. The molecule has 2 atom stereocenters. The second-order valence-corrected chi connectivity index (χ2v) is 10.8. The lowest BCUT2D eigenvalue weighted by Crippen LogP contribution is -2.54. The Hall–Kier alpha value is -2.93. The molecule has 0 saturated heterocycles. The third-order valence-corrected chi connectivity index (χ3v) is 5.06. The van der Waals surface area contributed by atoms with E-state index in [0.717, 1.165) is 4.90 Å². The highest BCUT2D eigenvalue weighted by Gasteiger charge is 2.38. The molecular formula is C24H36N4O5S. The van der Waals surface area contributed by atoms with Crippen LogP contribution in [0.15, 0.2) is 24.3 Å². The van der Waals surface area contributed by atoms with Crippen molar-refractivity contribution in [1.82, 2.24) is 15.5 Å². The summed E-state index contributed by atoms with van der Waals surface area (Å²) in [5.74, 6) is -0.826. The smallest absolute Gasteiger partial charge is 0.408 e. The van der Waals surface area contributed by atoms with E-state index in [0.29, 0.717) is 5.75 Å². The average Bonchev–Trinajstić information content (AvgIpc) is 2.68. The van der Waals surface area contributed by atoms with Crippen LogP contribution in [-0.2, 0) is 14.3 Å². The minimum absolute atomic E-state index is 0.175. The van der Waals surface area contributed by atoms with Gasteiger partial charge in [0.25, 0.3) is 0 Å². The number of benzene rings is 1. The van der Waals surface area contributed by atoms with Crippen LogP contribution in [0.3, 0.4) is 0 Å². The van der Waals surface area contributed by atoms with Crippen molar-refractivity contribution >= 4 is 29.7 Å². The van der Waals surface area contributed by atoms with Gasteiger partial charge in [0.1, 0.15) is 30.0 Å². The molecule has 34 heavy (non-hydrogen) atoms. The van der Waals surface area contributed by atoms with Gasteiger partial charge in [-0.3, -0.25) is 9.59 Å². The van der Waals surface area contributed by atoms with E-state index in [1.54, 1.807) is 53.7 Å². The number of phenols is 1. The molecule has 0 aliphatic rings. The zero-order chi connectivity index (χ0) is 26.1. The van der Waals surface area contributed by atoms with E-state index >= 15 is 0 Å². The third kappa shape index (κ3) is 9.51. The maximum Gasteiger partial charge on any atom is 0.408 e. The Bertz CT molecular complexity index is 902. The Morgan fingerprint density at radius 1 is 1.18 bits per heavy atom. The first kappa shape index (κ1) is 29.1. The number of nitrogens with one attached hydrogen (secondary N) is 2. The Balaban J connectivity index is 3.46. The van der Waals surface area contributed by atoms with E-state index in [2.05, 4.69) is 10.6 Å². The highest BCUT2D eigenvalue weighted by molar-refractivity contribution is 7.98. The topological polar surface area (TPSA) is 132 Å². The van der Waals surface area contributed by atoms with Crippen molar-refractivity contribution in [3.63, 3.8) is 0 Å². The summed E-state index contributed by atoms with van der Waals surface area (Å²) in [5, 5.41) is 25.4. The number of hydrogen-bond acceptors (Lipinski definition) is 7. The van der Waals surface area contributed by atoms with Crippen LogP contribution in [0.4, 0.5) is 4.79 Å². The van der Waals surface area contributed by atoms with Gasteiger partial charge in [0, 0.05) is 11.1 Å². The summed E-state index contributed by atoms with van der Waals surface area (Å²) < 4.78 is 5.30. The Kier molecular flexibility index (Phi) is 10.7. The van der Waals surface area contributed by atoms with Crippen molar-refractivity contribution in [3.05, 3.63) is 29.8 Å². The van der Waals surface area contributed by atoms with Gasteiger partial charge in [0.05, 0.1) is 6.07 Å². The summed E-state index contributed by atoms with van der Waals surface area (Å²) >= 11 is 1.49. The molecule has 10 heteroatoms. The number of aromatic hydroxyl groups is 1. The summed E-state index contributed by atoms with van der Waals surface area (Å²) in [7, 11) is 0. The van der Waals surface area contributed by atoms with Gasteiger partial charge in [-0.15, -0.1) is 0 Å². The molecule has 1 aromatic carbocycles. The largest absolute Gasteiger partial charge is 0.508 e. The van der Waals surface area contributed by atoms with Gasteiger partial charge in [-0.05, 0) is 66.0 Å². The van der Waals surface area contributed by atoms with E-state index in [-0.39, 0.29) is 17.7 Å². The lowest BCUT2D eigenvalue weighted by atomic mass is 9.99. The molecule has 0 aliphatic heterocycles. The molecule has 188 valence electrons. The van der Waals surface area contributed by atoms with Gasteiger partial charge in [0.15, 0.2) is 0 Å². The summed E-state index contributed by atoms with van der Waals surface area (Å²) in [6, 6.07) is 5.77. The molecule has 0 aliphatic carbocycles. The Morgan fingerprint density at radius 2 is 1.79 bits per heavy atom. The van der Waals surface area contributed by atoms with Gasteiger partial charge in [-0.1, -0.05) is 18.2 Å². The number of amides is 3. The van der Waals surface area contributed by atoms with Crippen LogP contribution in [0.1, 0.15) is 59.6 Å². The normalized spacial score (nSPS) is 13.2. The fourth-order valence-corrected chi connectivity index (χ4v) is 3.59. The second kappa shape index (κ2) is 12.5. The van der Waals surface area contributed by atoms with Crippen LogP contribution in [0.25, 0.3) is 0 Å². The maximum absolute atomic E-state index is 13.7. The molecule has 0 radical (unpaired) electrons. The fourth-order valence-electron chi connectivity index (χ4n) is 3.12. The molecule has 0 bridgehead atoms. The van der Waals surface area contributed by atoms with E-state index < -0.39 is 47.7 Å². The van der Waals surface area contributed by atoms with Crippen LogP contribution >= 0.6 is 11.8 Å². The molecule has 0 fully saturated rings. The molecular weight excluding hydrogens is 456 g/mol. The van der Waals surface area contributed by atoms with Crippen LogP contribution in [0, 0.1) is 11.3 Å². The molecule has 1 aromatic rings. The molecule has 0 spiro atoms. The van der Waals surface area contributed by atoms with Gasteiger partial charge < -0.3 is 25.4 Å². The van der Waals surface area contributed by atoms with Gasteiger partial charge in [0.2, 0.25) is 11.8 Å². The maximum atomic E-state index is 13.7. The molecule has 3 N–H and O–H groups in total. The molecule has 0 saturated carbocycles. The highest BCUT2D eigenvalue weighted by Crippen LogP contribution is 2.30. The third-order valence-electron chi connectivity index (χ3n) is 4.41. The number of alkyl carbamates (subject to hydrolysis) is 1. The first-order valence-corrected chi connectivity index (χ1v) is 12.4. The molecule has 2 unspecified atom stereocenters. The van der Waals surface area contributed by atoms with E-state index in [1.165, 1.54) is 23.9 Å². The standard InChI is InChI=1S/C24H36N4O5S/c1-23(2,3)27-20(30)19(16-10-8-9-11-18(16)29)28(14-13-25)21(31)17(12-15-34-7)26-22(32)33-24(4,5)6/h8-11,17,19,29H,12,14-15H2,1-7H3,(H,26,32)(H,27,30). The number of hydrogen-bond donors (Lipinski definition) is 3. The number of rotatable bonds is 9. The zero-order valence-corrected chi connectivity index (χ0v) is 21.8. The summed E-state index contributed by atoms with van der Waals surface area (Å²) in [5.41, 5.74) is -1.23. The van der Waals surface area contributed by atoms with Crippen LogP contribution in [0.2, 0.25) is 0 Å². The number of nitrogens with zero attached hydrogens (tertiary/aromatic N) is 2. The van der Waals surface area contributed by atoms with Crippen LogP contribution in [0.5, 0.6) is 5.75 Å². The number of nitriles is 1.